The molecule has 6 nitrogen and oxygen atoms in total. The second-order valence-electron chi connectivity index (χ2n) is 16.7. The van der Waals surface area contributed by atoms with Gasteiger partial charge in [0.2, 0.25) is 0 Å². The molecule has 0 atom stereocenters. The molecule has 12 bridgehead atoms. The summed E-state index contributed by atoms with van der Waals surface area (Å²) in [7, 11) is 0. The SMILES string of the molecule is c1ccc2nc3c4ccc(cc4)c4ccc(cc4)c4nc5ccccc5nc4c4ccc(cc4)c4ccc(cc4)c4nc5ccccc5nc4c4ccc(cc4)c4ccc(cc4)c3nc2c1. The van der Waals surface area contributed by atoms with Crippen molar-refractivity contribution in [2.24, 2.45) is 0 Å². The number of nitrogens with zero attached hydrogens (tertiary/aromatic N) is 6. The lowest BCUT2D eigenvalue weighted by Gasteiger charge is -2.05. The van der Waals surface area contributed by atoms with Gasteiger partial charge in [0.1, 0.15) is 0 Å². The van der Waals surface area contributed by atoms with E-state index in [1.54, 1.807) is 0 Å². The average Bonchev–Trinajstić information content (AvgIpc) is 3.40. The highest BCUT2D eigenvalue weighted by Crippen LogP contribution is 2.29. The monoisotopic (exact) mass is 840 g/mol. The number of hydrogen-bond acceptors (Lipinski definition) is 6. The van der Waals surface area contributed by atoms with Crippen LogP contribution in [0.1, 0.15) is 0 Å². The van der Waals surface area contributed by atoms with Crippen LogP contribution in [0.4, 0.5) is 0 Å². The molecule has 0 aliphatic heterocycles. The predicted octanol–water partition coefficient (Wildman–Crippen LogP) is 15.3. The lowest BCUT2D eigenvalue weighted by Crippen LogP contribution is -1.88. The molecule has 0 saturated carbocycles. The molecule has 0 aliphatic rings. The standard InChI is InChI=1S/C60H36N6/c1-2-8-50-49(7-1)61-55-43-25-13-37(14-26-43)39-17-29-45(30-18-39)57-59(65-52-10-4-3-9-51(52)63-57)47-33-21-41(22-34-47)42-23-35-48(36-24-42)60-58(64-53-11-5-6-12-54(53)66-60)46-31-19-40(20-32-46)38-15-27-44(28-16-38)56(55)62-50/h1-36H. The Morgan fingerprint density at radius 2 is 0.258 bits per heavy atom. The zero-order chi connectivity index (χ0) is 43.6. The van der Waals surface area contributed by atoms with Crippen molar-refractivity contribution in [3.05, 3.63) is 218 Å². The minimum Gasteiger partial charge on any atom is -0.244 e. The van der Waals surface area contributed by atoms with Gasteiger partial charge in [-0.05, 0) is 68.7 Å². The van der Waals surface area contributed by atoms with Crippen LogP contribution in [0.25, 0.3) is 131 Å². The van der Waals surface area contributed by atoms with Crippen LogP contribution in [0.2, 0.25) is 0 Å². The van der Waals surface area contributed by atoms with Gasteiger partial charge in [-0.15, -0.1) is 0 Å². The Morgan fingerprint density at radius 3 is 0.394 bits per heavy atom. The van der Waals surface area contributed by atoms with E-state index in [9.17, 15) is 0 Å². The molecule has 0 fully saturated rings. The van der Waals surface area contributed by atoms with Crippen LogP contribution in [0.5, 0.6) is 0 Å². The fourth-order valence-corrected chi connectivity index (χ4v) is 9.13. The first-order valence-corrected chi connectivity index (χ1v) is 22.1. The van der Waals surface area contributed by atoms with Crippen molar-refractivity contribution in [1.82, 2.24) is 29.9 Å². The lowest BCUT2D eigenvalue weighted by atomic mass is 10.1. The summed E-state index contributed by atoms with van der Waals surface area (Å²) in [6.45, 7) is 0. The lowest BCUT2D eigenvalue weighted by molar-refractivity contribution is 1.42. The molecule has 22 aromatic rings. The Kier molecular flexibility index (Phi) is 8.74. The topological polar surface area (TPSA) is 77.3 Å². The summed E-state index contributed by atoms with van der Waals surface area (Å²) in [5, 5.41) is 12.6. The van der Waals surface area contributed by atoms with Crippen LogP contribution >= 0.6 is 0 Å². The predicted molar refractivity (Wildman–Crippen MR) is 276 cm³/mol. The number of aromatic nitrogens is 6. The van der Waals surface area contributed by atoms with Crippen LogP contribution in [-0.4, -0.2) is 29.9 Å². The first-order valence-electron chi connectivity index (χ1n) is 22.1. The number of rotatable bonds is 0. The summed E-state index contributed by atoms with van der Waals surface area (Å²) in [5.74, 6) is 0. The maximum Gasteiger partial charge on any atom is 0.0973 e. The molecule has 0 amide bonds. The quantitative estimate of drug-likeness (QED) is 0.151. The van der Waals surface area contributed by atoms with Gasteiger partial charge in [-0.25, -0.2) is 29.9 Å². The van der Waals surface area contributed by atoms with Crippen LogP contribution in [0, 0.1) is 0 Å². The Balaban J connectivity index is 1.10. The van der Waals surface area contributed by atoms with E-state index < -0.39 is 0 Å². The van der Waals surface area contributed by atoms with E-state index in [2.05, 4.69) is 146 Å². The molecular formula is C60H36N6. The van der Waals surface area contributed by atoms with Crippen molar-refractivity contribution in [2.45, 2.75) is 0 Å². The van der Waals surface area contributed by atoms with Gasteiger partial charge in [-0.1, -0.05) is 182 Å². The molecule has 6 heteroatoms. The molecule has 0 aliphatic carbocycles. The highest BCUT2D eigenvalue weighted by Gasteiger charge is 2.09. The van der Waals surface area contributed by atoms with Gasteiger partial charge in [0.05, 0.1) is 66.2 Å². The third kappa shape index (κ3) is 6.59. The van der Waals surface area contributed by atoms with Crippen molar-refractivity contribution < 1.29 is 0 Å². The van der Waals surface area contributed by atoms with E-state index in [0.717, 1.165) is 131 Å². The summed E-state index contributed by atoms with van der Waals surface area (Å²) < 4.78 is 0. The Bertz CT molecular complexity index is 3580. The van der Waals surface area contributed by atoms with E-state index in [1.165, 1.54) is 0 Å². The van der Waals surface area contributed by atoms with Gasteiger partial charge in [0.15, 0.2) is 0 Å². The second kappa shape index (κ2) is 15.4. The number of para-hydroxylation sites is 6. The smallest absolute Gasteiger partial charge is 0.0973 e. The summed E-state index contributed by atoms with van der Waals surface area (Å²) >= 11 is 0. The van der Waals surface area contributed by atoms with Gasteiger partial charge in [0, 0.05) is 32.3 Å². The highest BCUT2D eigenvalue weighted by molar-refractivity contribution is 6.08. The molecule has 66 heavy (non-hydrogen) atoms. The zero-order valence-electron chi connectivity index (χ0n) is 35.5. The summed E-state index contributed by atoms with van der Waals surface area (Å²) in [6, 6.07) is 76.0. The maximum atomic E-state index is 5.21. The van der Waals surface area contributed by atoms with Crippen molar-refractivity contribution in [1.29, 1.82) is 0 Å². The largest absolute Gasteiger partial charge is 0.244 e. The number of hydrogen-bond donors (Lipinski definition) is 0. The van der Waals surface area contributed by atoms with Crippen LogP contribution in [-0.2, 0) is 0 Å². The van der Waals surface area contributed by atoms with Gasteiger partial charge in [-0.2, -0.15) is 0 Å². The van der Waals surface area contributed by atoms with Crippen molar-refractivity contribution in [3.8, 4) is 0 Å². The first kappa shape index (κ1) is 37.5. The van der Waals surface area contributed by atoms with Crippen LogP contribution in [0.15, 0.2) is 218 Å². The fourth-order valence-electron chi connectivity index (χ4n) is 9.13. The van der Waals surface area contributed by atoms with E-state index in [0.29, 0.717) is 0 Å². The normalized spacial score (nSPS) is 11.6. The van der Waals surface area contributed by atoms with E-state index >= 15 is 0 Å². The summed E-state index contributed by atoms with van der Waals surface area (Å²) in [6.07, 6.45) is 0. The third-order valence-electron chi connectivity index (χ3n) is 12.7. The van der Waals surface area contributed by atoms with Crippen molar-refractivity contribution in [3.63, 3.8) is 0 Å². The van der Waals surface area contributed by atoms with E-state index in [1.807, 2.05) is 72.8 Å². The van der Waals surface area contributed by atoms with Crippen LogP contribution < -0.4 is 0 Å². The van der Waals surface area contributed by atoms with E-state index in [4.69, 9.17) is 29.9 Å². The highest BCUT2D eigenvalue weighted by atomic mass is 14.8. The summed E-state index contributed by atoms with van der Waals surface area (Å²) in [5.41, 5.74) is 10.2. The minimum atomic E-state index is 0.838. The Hall–Kier alpha value is -9.00. The van der Waals surface area contributed by atoms with Crippen molar-refractivity contribution in [2.75, 3.05) is 0 Å². The molecule has 0 N–H and O–H groups in total. The third-order valence-corrected chi connectivity index (χ3v) is 12.7. The van der Waals surface area contributed by atoms with Gasteiger partial charge >= 0.3 is 0 Å². The summed E-state index contributed by atoms with van der Waals surface area (Å²) in [4.78, 5) is 31.2. The zero-order valence-corrected chi connectivity index (χ0v) is 35.5. The molecule has 306 valence electrons. The molecule has 22 rings (SSSR count). The fraction of sp³-hybridized carbons (Fsp3) is 0. The number of fused-ring (bicyclic) bond motifs is 3. The minimum absolute atomic E-state index is 0.838. The van der Waals surface area contributed by atoms with Gasteiger partial charge in [0.25, 0.3) is 0 Å². The Morgan fingerprint density at radius 1 is 0.136 bits per heavy atom. The molecule has 3 aromatic heterocycles. The average molecular weight is 841 g/mol. The molecular weight excluding hydrogens is 805 g/mol. The van der Waals surface area contributed by atoms with Crippen molar-refractivity contribution >= 4 is 131 Å². The first-order chi connectivity index (χ1) is 32.6. The number of benzene rings is 9. The van der Waals surface area contributed by atoms with E-state index in [-0.39, 0.29) is 0 Å². The second-order valence-corrected chi connectivity index (χ2v) is 16.7. The molecule has 0 saturated heterocycles. The molecule has 0 spiro atoms. The van der Waals surface area contributed by atoms with Gasteiger partial charge < -0.3 is 0 Å². The maximum absolute atomic E-state index is 5.21. The molecule has 0 unspecified atom stereocenters. The molecule has 0 radical (unpaired) electrons. The molecule has 3 heterocycles. The molecule has 19 aromatic carbocycles. The van der Waals surface area contributed by atoms with Gasteiger partial charge in [-0.3, -0.25) is 0 Å². The van der Waals surface area contributed by atoms with Crippen LogP contribution in [0.3, 0.4) is 0 Å². The Labute approximate surface area is 377 Å².